The number of rotatable bonds is 6. The van der Waals surface area contributed by atoms with Crippen molar-refractivity contribution in [2.24, 2.45) is 0 Å². The normalized spacial score (nSPS) is 14.8. The first kappa shape index (κ1) is 21.9. The van der Waals surface area contributed by atoms with E-state index in [-0.39, 0.29) is 11.7 Å². The van der Waals surface area contributed by atoms with Crippen LogP contribution in [0.5, 0.6) is 0 Å². The highest BCUT2D eigenvalue weighted by Crippen LogP contribution is 2.27. The van der Waals surface area contributed by atoms with Gasteiger partial charge in [0.25, 0.3) is 5.91 Å². The lowest BCUT2D eigenvalue weighted by Crippen LogP contribution is -2.25. The van der Waals surface area contributed by atoms with Gasteiger partial charge in [-0.05, 0) is 36.2 Å². The summed E-state index contributed by atoms with van der Waals surface area (Å²) < 4.78 is 27.5. The zero-order chi connectivity index (χ0) is 23.5. The maximum absolute atomic E-state index is 13.2. The molecule has 0 unspecified atom stereocenters. The highest BCUT2D eigenvalue weighted by atomic mass is 32.2. The number of nitrogens with zero attached hydrogens (tertiary/aromatic N) is 3. The largest absolute Gasteiger partial charge is 0.322 e. The summed E-state index contributed by atoms with van der Waals surface area (Å²) in [5.74, 6) is -0.111. The molecule has 0 aliphatic carbocycles. The van der Waals surface area contributed by atoms with Crippen LogP contribution in [0.4, 0.5) is 11.4 Å². The molecule has 8 heteroatoms. The molecule has 1 amide bonds. The third-order valence-electron chi connectivity index (χ3n) is 5.75. The number of carbonyl (C=O) groups excluding carboxylic acids is 1. The van der Waals surface area contributed by atoms with E-state index in [1.165, 1.54) is 4.31 Å². The number of anilines is 2. The van der Waals surface area contributed by atoms with Gasteiger partial charge in [-0.25, -0.2) is 8.42 Å². The van der Waals surface area contributed by atoms with Crippen molar-refractivity contribution in [2.45, 2.75) is 13.0 Å². The van der Waals surface area contributed by atoms with Gasteiger partial charge in [0.15, 0.2) is 0 Å². The maximum Gasteiger partial charge on any atom is 0.259 e. The van der Waals surface area contributed by atoms with E-state index in [0.717, 1.165) is 11.1 Å². The lowest BCUT2D eigenvalue weighted by Gasteiger charge is -2.17. The summed E-state index contributed by atoms with van der Waals surface area (Å²) >= 11 is 0. The minimum atomic E-state index is -3.24. The highest BCUT2D eigenvalue weighted by Gasteiger charge is 2.28. The average molecular weight is 473 g/mol. The number of carbonyl (C=O) groups is 1. The number of benzene rings is 3. The average Bonchev–Trinajstić information content (AvgIpc) is 3.43. The summed E-state index contributed by atoms with van der Waals surface area (Å²) in [7, 11) is -3.24. The second-order valence-electron chi connectivity index (χ2n) is 8.18. The van der Waals surface area contributed by atoms with Crippen LogP contribution in [-0.2, 0) is 16.6 Å². The number of amides is 1. The van der Waals surface area contributed by atoms with Gasteiger partial charge in [-0.3, -0.25) is 13.8 Å². The maximum atomic E-state index is 13.2. The molecule has 0 saturated carbocycles. The molecule has 0 bridgehead atoms. The van der Waals surface area contributed by atoms with Gasteiger partial charge in [0.05, 0.1) is 23.5 Å². The molecule has 2 heterocycles. The summed E-state index contributed by atoms with van der Waals surface area (Å²) in [4.78, 5) is 13.2. The van der Waals surface area contributed by atoms with Gasteiger partial charge in [-0.1, -0.05) is 60.7 Å². The second-order valence-corrected chi connectivity index (χ2v) is 10.2. The number of nitrogens with one attached hydrogen (secondary N) is 1. The summed E-state index contributed by atoms with van der Waals surface area (Å²) in [6, 6.07) is 26.4. The zero-order valence-electron chi connectivity index (χ0n) is 18.5. The Morgan fingerprint density at radius 2 is 1.59 bits per heavy atom. The number of sulfonamides is 1. The minimum absolute atomic E-state index is 0.167. The third-order valence-corrected chi connectivity index (χ3v) is 7.62. The van der Waals surface area contributed by atoms with Crippen molar-refractivity contribution in [2.75, 3.05) is 21.9 Å². The van der Waals surface area contributed by atoms with Crippen molar-refractivity contribution in [3.05, 3.63) is 102 Å². The van der Waals surface area contributed by atoms with Crippen LogP contribution in [0.1, 0.15) is 22.3 Å². The Kier molecular flexibility index (Phi) is 5.90. The molecular formula is C26H24N4O3S. The van der Waals surface area contributed by atoms with Crippen LogP contribution in [0.25, 0.3) is 11.3 Å². The zero-order valence-corrected chi connectivity index (χ0v) is 19.3. The number of hydrogen-bond donors (Lipinski definition) is 1. The molecule has 34 heavy (non-hydrogen) atoms. The van der Waals surface area contributed by atoms with Crippen molar-refractivity contribution in [3.8, 4) is 11.3 Å². The molecule has 3 aromatic carbocycles. The molecule has 4 aromatic rings. The lowest BCUT2D eigenvalue weighted by atomic mass is 10.1. The molecule has 5 rings (SSSR count). The van der Waals surface area contributed by atoms with Gasteiger partial charge in [0.1, 0.15) is 5.69 Å². The van der Waals surface area contributed by atoms with E-state index in [2.05, 4.69) is 5.32 Å². The SMILES string of the molecule is O=C(Nc1ccc(N2CCCS2(=O)=O)cc1)c1cn(Cc2ccccc2)nc1-c1ccccc1. The van der Waals surface area contributed by atoms with Crippen LogP contribution in [-0.4, -0.2) is 36.4 Å². The lowest BCUT2D eigenvalue weighted by molar-refractivity contribution is 0.102. The van der Waals surface area contributed by atoms with Crippen LogP contribution >= 0.6 is 0 Å². The van der Waals surface area contributed by atoms with E-state index in [9.17, 15) is 13.2 Å². The molecule has 1 aromatic heterocycles. The molecule has 1 aliphatic rings. The van der Waals surface area contributed by atoms with E-state index in [1.54, 1.807) is 35.1 Å². The fraction of sp³-hybridized carbons (Fsp3) is 0.154. The second kappa shape index (κ2) is 9.15. The summed E-state index contributed by atoms with van der Waals surface area (Å²) in [5.41, 5.74) is 4.21. The fourth-order valence-electron chi connectivity index (χ4n) is 4.09. The Hall–Kier alpha value is -3.91. The van der Waals surface area contributed by atoms with E-state index in [4.69, 9.17) is 5.10 Å². The molecule has 1 fully saturated rings. The van der Waals surface area contributed by atoms with Crippen molar-refractivity contribution in [3.63, 3.8) is 0 Å². The van der Waals surface area contributed by atoms with Gasteiger partial charge in [-0.2, -0.15) is 5.10 Å². The smallest absolute Gasteiger partial charge is 0.259 e. The van der Waals surface area contributed by atoms with Crippen LogP contribution in [0.15, 0.2) is 91.1 Å². The van der Waals surface area contributed by atoms with Crippen molar-refractivity contribution in [1.82, 2.24) is 9.78 Å². The Morgan fingerprint density at radius 3 is 2.24 bits per heavy atom. The van der Waals surface area contributed by atoms with Gasteiger partial charge < -0.3 is 5.32 Å². The van der Waals surface area contributed by atoms with Crippen LogP contribution < -0.4 is 9.62 Å². The molecule has 0 atom stereocenters. The van der Waals surface area contributed by atoms with Crippen molar-refractivity contribution < 1.29 is 13.2 Å². The topological polar surface area (TPSA) is 84.3 Å². The molecule has 1 saturated heterocycles. The van der Waals surface area contributed by atoms with E-state index < -0.39 is 10.0 Å². The summed E-state index contributed by atoms with van der Waals surface area (Å²) in [5, 5.41) is 7.63. The van der Waals surface area contributed by atoms with Crippen LogP contribution in [0.2, 0.25) is 0 Å². The summed E-state index contributed by atoms with van der Waals surface area (Å²) in [6.07, 6.45) is 2.38. The molecule has 0 spiro atoms. The van der Waals surface area contributed by atoms with Crippen molar-refractivity contribution >= 4 is 27.3 Å². The third kappa shape index (κ3) is 4.58. The number of hydrogen-bond acceptors (Lipinski definition) is 4. The first-order valence-electron chi connectivity index (χ1n) is 11.1. The predicted molar refractivity (Wildman–Crippen MR) is 133 cm³/mol. The first-order valence-corrected chi connectivity index (χ1v) is 12.7. The van der Waals surface area contributed by atoms with Crippen LogP contribution in [0, 0.1) is 0 Å². The molecule has 1 aliphatic heterocycles. The van der Waals surface area contributed by atoms with E-state index in [1.807, 2.05) is 60.7 Å². The fourth-order valence-corrected chi connectivity index (χ4v) is 5.65. The van der Waals surface area contributed by atoms with Crippen LogP contribution in [0.3, 0.4) is 0 Å². The standard InChI is InChI=1S/C26H24N4O3S/c31-26(27-22-12-14-23(15-13-22)30-16-7-17-34(30,32)33)24-19-29(18-20-8-3-1-4-9-20)28-25(24)21-10-5-2-6-11-21/h1-6,8-15,19H,7,16-18H2,(H,27,31). The van der Waals surface area contributed by atoms with E-state index >= 15 is 0 Å². The summed E-state index contributed by atoms with van der Waals surface area (Å²) in [6.45, 7) is 1.03. The van der Waals surface area contributed by atoms with Gasteiger partial charge >= 0.3 is 0 Å². The Bertz CT molecular complexity index is 1400. The molecule has 7 nitrogen and oxygen atoms in total. The highest BCUT2D eigenvalue weighted by molar-refractivity contribution is 7.93. The predicted octanol–water partition coefficient (Wildman–Crippen LogP) is 4.39. The molecule has 1 N–H and O–H groups in total. The Morgan fingerprint density at radius 1 is 0.912 bits per heavy atom. The molecule has 0 radical (unpaired) electrons. The molecule has 172 valence electrons. The first-order chi connectivity index (χ1) is 16.5. The Balaban J connectivity index is 1.40. The van der Waals surface area contributed by atoms with E-state index in [0.29, 0.717) is 42.1 Å². The quantitative estimate of drug-likeness (QED) is 0.451. The van der Waals surface area contributed by atoms with Gasteiger partial charge in [0.2, 0.25) is 10.0 Å². The molecular weight excluding hydrogens is 448 g/mol. The van der Waals surface area contributed by atoms with Crippen molar-refractivity contribution in [1.29, 1.82) is 0 Å². The minimum Gasteiger partial charge on any atom is -0.322 e. The Labute approximate surface area is 198 Å². The number of aromatic nitrogens is 2. The monoisotopic (exact) mass is 472 g/mol. The van der Waals surface area contributed by atoms with Gasteiger partial charge in [0, 0.05) is 24.0 Å². The van der Waals surface area contributed by atoms with Gasteiger partial charge in [-0.15, -0.1) is 0 Å².